The zero-order valence-corrected chi connectivity index (χ0v) is 11.6. The van der Waals surface area contributed by atoms with E-state index in [1.54, 1.807) is 13.3 Å². The average molecular weight is 286 g/mol. The molecular weight excluding hydrogens is 272 g/mol. The summed E-state index contributed by atoms with van der Waals surface area (Å²) < 4.78 is 6.81. The van der Waals surface area contributed by atoms with Crippen LogP contribution in [0.4, 0.5) is 11.9 Å². The quantitative estimate of drug-likeness (QED) is 0.732. The molecule has 0 aliphatic carbocycles. The Balaban J connectivity index is 1.92. The number of nitrogens with zero attached hydrogens (tertiary/aromatic N) is 7. The van der Waals surface area contributed by atoms with Gasteiger partial charge < -0.3 is 14.6 Å². The SMILES string of the molecule is CNc1nc(N(C)Cc2ccco2)nc(-n2cncn2)n1. The molecule has 0 aliphatic heterocycles. The third-order valence-electron chi connectivity index (χ3n) is 2.77. The molecule has 0 aliphatic rings. The van der Waals surface area contributed by atoms with Crippen molar-refractivity contribution in [2.75, 3.05) is 24.3 Å². The lowest BCUT2D eigenvalue weighted by molar-refractivity contribution is 0.506. The van der Waals surface area contributed by atoms with Crippen molar-refractivity contribution >= 4 is 11.9 Å². The van der Waals surface area contributed by atoms with Crippen molar-refractivity contribution in [2.24, 2.45) is 0 Å². The van der Waals surface area contributed by atoms with E-state index >= 15 is 0 Å². The summed E-state index contributed by atoms with van der Waals surface area (Å²) in [6, 6.07) is 3.74. The first kappa shape index (κ1) is 13.0. The number of anilines is 2. The smallest absolute Gasteiger partial charge is 0.258 e. The van der Waals surface area contributed by atoms with Gasteiger partial charge in [-0.05, 0) is 12.1 Å². The molecule has 9 nitrogen and oxygen atoms in total. The minimum Gasteiger partial charge on any atom is -0.467 e. The Morgan fingerprint density at radius 2 is 2.24 bits per heavy atom. The highest BCUT2D eigenvalue weighted by atomic mass is 16.3. The van der Waals surface area contributed by atoms with Crippen molar-refractivity contribution < 1.29 is 4.42 Å². The van der Waals surface area contributed by atoms with Gasteiger partial charge in [-0.3, -0.25) is 0 Å². The van der Waals surface area contributed by atoms with Crippen LogP contribution in [0.25, 0.3) is 5.95 Å². The molecule has 0 aromatic carbocycles. The fourth-order valence-corrected chi connectivity index (χ4v) is 1.76. The zero-order chi connectivity index (χ0) is 14.7. The van der Waals surface area contributed by atoms with E-state index in [0.717, 1.165) is 5.76 Å². The Hall–Kier alpha value is -2.97. The molecule has 0 radical (unpaired) electrons. The molecule has 0 saturated heterocycles. The summed E-state index contributed by atoms with van der Waals surface area (Å²) in [6.07, 6.45) is 4.59. The predicted molar refractivity (Wildman–Crippen MR) is 75.1 cm³/mol. The molecule has 21 heavy (non-hydrogen) atoms. The molecule has 1 N–H and O–H groups in total. The number of aromatic nitrogens is 6. The number of hydrogen-bond acceptors (Lipinski definition) is 8. The molecule has 0 saturated carbocycles. The third-order valence-corrected chi connectivity index (χ3v) is 2.77. The summed E-state index contributed by atoms with van der Waals surface area (Å²) in [5.41, 5.74) is 0. The van der Waals surface area contributed by atoms with E-state index in [2.05, 4.69) is 30.4 Å². The minimum absolute atomic E-state index is 0.396. The van der Waals surface area contributed by atoms with E-state index < -0.39 is 0 Å². The molecule has 3 aromatic rings. The average Bonchev–Trinajstić information content (AvgIpc) is 3.20. The molecule has 9 heteroatoms. The molecule has 0 fully saturated rings. The Labute approximate surface area is 120 Å². The molecule has 108 valence electrons. The first-order chi connectivity index (χ1) is 10.3. The normalized spacial score (nSPS) is 10.6. The molecular formula is C12H14N8O. The van der Waals surface area contributed by atoms with Gasteiger partial charge in [0.15, 0.2) is 0 Å². The van der Waals surface area contributed by atoms with Gasteiger partial charge in [-0.1, -0.05) is 0 Å². The molecule has 3 heterocycles. The summed E-state index contributed by atoms with van der Waals surface area (Å²) in [6.45, 7) is 0.553. The second-order valence-electron chi connectivity index (χ2n) is 4.28. The molecule has 0 spiro atoms. The van der Waals surface area contributed by atoms with Gasteiger partial charge in [0.2, 0.25) is 11.9 Å². The standard InChI is InChI=1S/C12H14N8O/c1-13-10-16-11(19(2)6-9-4-3-5-21-9)18-12(17-10)20-8-14-7-15-20/h3-5,7-8H,6H2,1-2H3,(H,13,16,17,18). The maximum Gasteiger partial charge on any atom is 0.258 e. The topological polar surface area (TPSA) is 97.8 Å². The van der Waals surface area contributed by atoms with E-state index in [-0.39, 0.29) is 0 Å². The van der Waals surface area contributed by atoms with Crippen LogP contribution in [0.2, 0.25) is 0 Å². The van der Waals surface area contributed by atoms with Crippen LogP contribution in [0.5, 0.6) is 0 Å². The van der Waals surface area contributed by atoms with Crippen molar-refractivity contribution in [2.45, 2.75) is 6.54 Å². The van der Waals surface area contributed by atoms with Crippen molar-refractivity contribution in [1.82, 2.24) is 29.7 Å². The minimum atomic E-state index is 0.396. The van der Waals surface area contributed by atoms with Crippen molar-refractivity contribution in [3.63, 3.8) is 0 Å². The van der Waals surface area contributed by atoms with E-state index in [9.17, 15) is 0 Å². The van der Waals surface area contributed by atoms with Gasteiger partial charge in [0.25, 0.3) is 5.95 Å². The van der Waals surface area contributed by atoms with Crippen molar-refractivity contribution in [3.05, 3.63) is 36.8 Å². The number of rotatable bonds is 5. The maximum atomic E-state index is 5.33. The summed E-state index contributed by atoms with van der Waals surface area (Å²) in [4.78, 5) is 18.7. The number of hydrogen-bond donors (Lipinski definition) is 1. The second kappa shape index (κ2) is 5.57. The first-order valence-electron chi connectivity index (χ1n) is 6.28. The van der Waals surface area contributed by atoms with Gasteiger partial charge >= 0.3 is 0 Å². The van der Waals surface area contributed by atoms with Crippen LogP contribution in [-0.4, -0.2) is 43.8 Å². The molecule has 0 atom stereocenters. The maximum absolute atomic E-state index is 5.33. The number of nitrogens with one attached hydrogen (secondary N) is 1. The molecule has 0 unspecified atom stereocenters. The van der Waals surface area contributed by atoms with Crippen LogP contribution in [0.1, 0.15) is 5.76 Å². The fraction of sp³-hybridized carbons (Fsp3) is 0.250. The monoisotopic (exact) mass is 286 g/mol. The van der Waals surface area contributed by atoms with Gasteiger partial charge in [0.05, 0.1) is 12.8 Å². The highest BCUT2D eigenvalue weighted by Crippen LogP contribution is 2.14. The lowest BCUT2D eigenvalue weighted by Gasteiger charge is -2.16. The summed E-state index contributed by atoms with van der Waals surface area (Å²) >= 11 is 0. The van der Waals surface area contributed by atoms with E-state index in [0.29, 0.717) is 24.4 Å². The van der Waals surface area contributed by atoms with Crippen LogP contribution in [0.15, 0.2) is 35.5 Å². The second-order valence-corrected chi connectivity index (χ2v) is 4.28. The largest absolute Gasteiger partial charge is 0.467 e. The van der Waals surface area contributed by atoms with Crippen LogP contribution in [0.3, 0.4) is 0 Å². The van der Waals surface area contributed by atoms with Crippen molar-refractivity contribution in [3.8, 4) is 5.95 Å². The van der Waals surface area contributed by atoms with Crippen LogP contribution < -0.4 is 10.2 Å². The van der Waals surface area contributed by atoms with Gasteiger partial charge in [0, 0.05) is 14.1 Å². The summed E-state index contributed by atoms with van der Waals surface area (Å²) in [5.74, 6) is 2.19. The zero-order valence-electron chi connectivity index (χ0n) is 11.6. The third kappa shape index (κ3) is 2.81. The van der Waals surface area contributed by atoms with Gasteiger partial charge in [-0.25, -0.2) is 4.98 Å². The fourth-order valence-electron chi connectivity index (χ4n) is 1.76. The lowest BCUT2D eigenvalue weighted by atomic mass is 10.4. The van der Waals surface area contributed by atoms with Gasteiger partial charge in [-0.15, -0.1) is 0 Å². The van der Waals surface area contributed by atoms with Gasteiger partial charge in [0.1, 0.15) is 18.4 Å². The summed E-state index contributed by atoms with van der Waals surface area (Å²) in [5, 5.41) is 6.94. The number of furan rings is 1. The Kier molecular flexibility index (Phi) is 3.46. The first-order valence-corrected chi connectivity index (χ1v) is 6.28. The molecule has 0 bridgehead atoms. The Morgan fingerprint density at radius 1 is 1.33 bits per heavy atom. The molecule has 0 amide bonds. The highest BCUT2D eigenvalue weighted by Gasteiger charge is 2.12. The lowest BCUT2D eigenvalue weighted by Crippen LogP contribution is -2.21. The highest BCUT2D eigenvalue weighted by molar-refractivity contribution is 5.39. The van der Waals surface area contributed by atoms with Crippen LogP contribution in [-0.2, 0) is 6.54 Å². The van der Waals surface area contributed by atoms with Crippen LogP contribution in [0, 0.1) is 0 Å². The van der Waals surface area contributed by atoms with E-state index in [1.165, 1.54) is 17.3 Å². The van der Waals surface area contributed by atoms with Crippen LogP contribution >= 0.6 is 0 Å². The van der Waals surface area contributed by atoms with E-state index in [1.807, 2.05) is 24.1 Å². The molecule has 3 aromatic heterocycles. The van der Waals surface area contributed by atoms with Crippen molar-refractivity contribution in [1.29, 1.82) is 0 Å². The summed E-state index contributed by atoms with van der Waals surface area (Å²) in [7, 11) is 3.62. The van der Waals surface area contributed by atoms with Gasteiger partial charge in [-0.2, -0.15) is 24.7 Å². The Morgan fingerprint density at radius 3 is 2.90 bits per heavy atom. The molecule has 3 rings (SSSR count). The van der Waals surface area contributed by atoms with E-state index in [4.69, 9.17) is 4.42 Å². The predicted octanol–water partition coefficient (Wildman–Crippen LogP) is 0.723. The Bertz CT molecular complexity index is 694.